The van der Waals surface area contributed by atoms with Crippen LogP contribution in [0.2, 0.25) is 0 Å². The molecule has 0 spiro atoms. The van der Waals surface area contributed by atoms with Crippen molar-refractivity contribution in [3.8, 4) is 0 Å². The summed E-state index contributed by atoms with van der Waals surface area (Å²) in [5.41, 5.74) is 0.324. The summed E-state index contributed by atoms with van der Waals surface area (Å²) in [4.78, 5) is 0. The fourth-order valence-corrected chi connectivity index (χ4v) is 4.41. The number of hydrogen-bond donors (Lipinski definition) is 2. The number of H-pyrrole nitrogens is 1. The second-order valence-electron chi connectivity index (χ2n) is 4.95. The van der Waals surface area contributed by atoms with E-state index in [9.17, 15) is 8.42 Å². The Kier molecular flexibility index (Phi) is 3.74. The monoisotopic (exact) mass is 273 g/mol. The van der Waals surface area contributed by atoms with E-state index in [1.807, 2.05) is 13.8 Å². The van der Waals surface area contributed by atoms with Crippen molar-refractivity contribution in [2.75, 3.05) is 6.54 Å². The minimum Gasteiger partial charge on any atom is -0.392 e. The zero-order valence-corrected chi connectivity index (χ0v) is 11.4. The Morgan fingerprint density at radius 1 is 1.61 bits per heavy atom. The van der Waals surface area contributed by atoms with Gasteiger partial charge in [-0.25, -0.2) is 8.42 Å². The Balaban J connectivity index is 2.37. The SMILES string of the molecule is CC(C)C1CCCN1S(=O)(=O)c1[nH]ncc1CO. The Morgan fingerprint density at radius 2 is 2.33 bits per heavy atom. The minimum atomic E-state index is -3.58. The smallest absolute Gasteiger partial charge is 0.260 e. The minimum absolute atomic E-state index is 0.0255. The van der Waals surface area contributed by atoms with Gasteiger partial charge in [-0.3, -0.25) is 5.10 Å². The number of aliphatic hydroxyl groups excluding tert-OH is 1. The maximum Gasteiger partial charge on any atom is 0.260 e. The number of aromatic nitrogens is 2. The number of aliphatic hydroxyl groups is 1. The molecule has 1 aromatic heterocycles. The molecule has 1 aliphatic heterocycles. The predicted molar refractivity (Wildman–Crippen MR) is 66.3 cm³/mol. The molecule has 18 heavy (non-hydrogen) atoms. The second kappa shape index (κ2) is 4.99. The van der Waals surface area contributed by atoms with Crippen LogP contribution in [0.3, 0.4) is 0 Å². The fraction of sp³-hybridized carbons (Fsp3) is 0.727. The van der Waals surface area contributed by atoms with E-state index in [1.165, 1.54) is 10.5 Å². The van der Waals surface area contributed by atoms with Gasteiger partial charge in [0.25, 0.3) is 10.0 Å². The molecule has 1 aromatic rings. The van der Waals surface area contributed by atoms with Crippen molar-refractivity contribution in [3.63, 3.8) is 0 Å². The van der Waals surface area contributed by atoms with Crippen molar-refractivity contribution in [3.05, 3.63) is 11.8 Å². The van der Waals surface area contributed by atoms with Gasteiger partial charge in [0.15, 0.2) is 5.03 Å². The van der Waals surface area contributed by atoms with Crippen LogP contribution in [-0.4, -0.2) is 40.6 Å². The van der Waals surface area contributed by atoms with Crippen LogP contribution in [0, 0.1) is 5.92 Å². The summed E-state index contributed by atoms with van der Waals surface area (Å²) in [7, 11) is -3.58. The molecule has 1 unspecified atom stereocenters. The highest BCUT2D eigenvalue weighted by atomic mass is 32.2. The first-order chi connectivity index (χ1) is 8.48. The lowest BCUT2D eigenvalue weighted by atomic mass is 10.0. The molecule has 7 heteroatoms. The Morgan fingerprint density at radius 3 is 2.94 bits per heavy atom. The van der Waals surface area contributed by atoms with Gasteiger partial charge in [0.1, 0.15) is 0 Å². The summed E-state index contributed by atoms with van der Waals surface area (Å²) in [5, 5.41) is 15.4. The first-order valence-electron chi connectivity index (χ1n) is 6.13. The summed E-state index contributed by atoms with van der Waals surface area (Å²) in [5.74, 6) is 0.280. The maximum atomic E-state index is 12.5. The van der Waals surface area contributed by atoms with E-state index in [4.69, 9.17) is 5.11 Å². The van der Waals surface area contributed by atoms with Crippen LogP contribution >= 0.6 is 0 Å². The topological polar surface area (TPSA) is 86.3 Å². The van der Waals surface area contributed by atoms with E-state index >= 15 is 0 Å². The van der Waals surface area contributed by atoms with Crippen molar-refractivity contribution < 1.29 is 13.5 Å². The van der Waals surface area contributed by atoms with Gasteiger partial charge in [-0.1, -0.05) is 13.8 Å². The first kappa shape index (κ1) is 13.5. The van der Waals surface area contributed by atoms with Crippen molar-refractivity contribution in [2.24, 2.45) is 5.92 Å². The number of nitrogens with one attached hydrogen (secondary N) is 1. The molecule has 0 saturated carbocycles. The van der Waals surface area contributed by atoms with Crippen LogP contribution in [0.4, 0.5) is 0 Å². The summed E-state index contributed by atoms with van der Waals surface area (Å²) >= 11 is 0. The lowest BCUT2D eigenvalue weighted by Gasteiger charge is -2.26. The molecule has 2 rings (SSSR count). The lowest BCUT2D eigenvalue weighted by Crippen LogP contribution is -2.39. The quantitative estimate of drug-likeness (QED) is 0.846. The van der Waals surface area contributed by atoms with Crippen molar-refractivity contribution >= 4 is 10.0 Å². The lowest BCUT2D eigenvalue weighted by molar-refractivity contribution is 0.276. The zero-order chi connectivity index (χ0) is 13.3. The zero-order valence-electron chi connectivity index (χ0n) is 10.6. The third kappa shape index (κ3) is 2.17. The third-order valence-corrected chi connectivity index (χ3v) is 5.37. The fourth-order valence-electron chi connectivity index (χ4n) is 2.48. The van der Waals surface area contributed by atoms with E-state index in [2.05, 4.69) is 10.2 Å². The highest BCUT2D eigenvalue weighted by Gasteiger charge is 2.38. The number of hydrogen-bond acceptors (Lipinski definition) is 4. The summed E-state index contributed by atoms with van der Waals surface area (Å²) < 4.78 is 26.6. The number of nitrogens with zero attached hydrogens (tertiary/aromatic N) is 2. The Hall–Kier alpha value is -0.920. The molecule has 0 bridgehead atoms. The molecular formula is C11H19N3O3S. The van der Waals surface area contributed by atoms with Gasteiger partial charge in [-0.05, 0) is 18.8 Å². The van der Waals surface area contributed by atoms with Crippen LogP contribution in [0.15, 0.2) is 11.2 Å². The Bertz CT molecular complexity index is 509. The second-order valence-corrected chi connectivity index (χ2v) is 6.78. The average Bonchev–Trinajstić information content (AvgIpc) is 2.98. The van der Waals surface area contributed by atoms with Crippen molar-refractivity contribution in [1.82, 2.24) is 14.5 Å². The number of aromatic amines is 1. The molecule has 102 valence electrons. The van der Waals surface area contributed by atoms with E-state index in [1.54, 1.807) is 0 Å². The van der Waals surface area contributed by atoms with Gasteiger partial charge >= 0.3 is 0 Å². The molecule has 2 N–H and O–H groups in total. The molecule has 0 amide bonds. The molecule has 1 aliphatic rings. The van der Waals surface area contributed by atoms with Crippen LogP contribution < -0.4 is 0 Å². The van der Waals surface area contributed by atoms with Crippen LogP contribution in [-0.2, 0) is 16.6 Å². The molecule has 1 fully saturated rings. The highest BCUT2D eigenvalue weighted by molar-refractivity contribution is 7.89. The van der Waals surface area contributed by atoms with E-state index < -0.39 is 10.0 Å². The first-order valence-corrected chi connectivity index (χ1v) is 7.57. The molecule has 0 aliphatic carbocycles. The van der Waals surface area contributed by atoms with Gasteiger partial charge in [0, 0.05) is 18.2 Å². The maximum absolute atomic E-state index is 12.5. The van der Waals surface area contributed by atoms with Crippen molar-refractivity contribution in [1.29, 1.82) is 0 Å². The third-order valence-electron chi connectivity index (χ3n) is 3.43. The molecule has 1 saturated heterocycles. The highest BCUT2D eigenvalue weighted by Crippen LogP contribution is 2.30. The normalized spacial score (nSPS) is 21.9. The van der Waals surface area contributed by atoms with Gasteiger partial charge in [0.2, 0.25) is 0 Å². The van der Waals surface area contributed by atoms with Crippen molar-refractivity contribution in [2.45, 2.75) is 44.4 Å². The summed E-state index contributed by atoms with van der Waals surface area (Å²) in [6, 6.07) is 0.0323. The summed E-state index contributed by atoms with van der Waals surface area (Å²) in [6.45, 7) is 4.26. The molecule has 6 nitrogen and oxygen atoms in total. The van der Waals surface area contributed by atoms with E-state index in [0.717, 1.165) is 12.8 Å². The average molecular weight is 273 g/mol. The molecular weight excluding hydrogens is 254 g/mol. The molecule has 1 atom stereocenters. The van der Waals surface area contributed by atoms with Gasteiger partial charge < -0.3 is 5.11 Å². The van der Waals surface area contributed by atoms with Gasteiger partial charge in [-0.2, -0.15) is 9.40 Å². The van der Waals surface area contributed by atoms with E-state index in [-0.39, 0.29) is 23.6 Å². The number of rotatable bonds is 4. The van der Waals surface area contributed by atoms with Crippen LogP contribution in [0.5, 0.6) is 0 Å². The van der Waals surface area contributed by atoms with Crippen LogP contribution in [0.25, 0.3) is 0 Å². The molecule has 0 radical (unpaired) electrons. The number of sulfonamides is 1. The summed E-state index contributed by atoms with van der Waals surface area (Å²) in [6.07, 6.45) is 3.12. The standard InChI is InChI=1S/C11H19N3O3S/c1-8(2)10-4-3-5-14(10)18(16,17)11-9(7-15)6-12-13-11/h6,8,10,15H,3-5,7H2,1-2H3,(H,12,13). The molecule has 2 heterocycles. The van der Waals surface area contributed by atoms with Gasteiger partial charge in [-0.15, -0.1) is 0 Å². The predicted octanol–water partition coefficient (Wildman–Crippen LogP) is 0.711. The largest absolute Gasteiger partial charge is 0.392 e. The van der Waals surface area contributed by atoms with Crippen LogP contribution in [0.1, 0.15) is 32.3 Å². The molecule has 0 aromatic carbocycles. The van der Waals surface area contributed by atoms with E-state index in [0.29, 0.717) is 12.1 Å². The van der Waals surface area contributed by atoms with Gasteiger partial charge in [0.05, 0.1) is 12.8 Å². The Labute approximate surface area is 107 Å².